The van der Waals surface area contributed by atoms with E-state index in [1.54, 1.807) is 12.3 Å². The van der Waals surface area contributed by atoms with E-state index in [0.29, 0.717) is 5.69 Å². The van der Waals surface area contributed by atoms with Gasteiger partial charge in [0.25, 0.3) is 5.91 Å². The highest BCUT2D eigenvalue weighted by atomic mass is 79.9. The largest absolute Gasteiger partial charge is 0.355 e. The molecule has 0 saturated heterocycles. The van der Waals surface area contributed by atoms with Gasteiger partial charge in [0.1, 0.15) is 5.69 Å². The maximum atomic E-state index is 12.4. The van der Waals surface area contributed by atoms with Crippen molar-refractivity contribution in [2.75, 3.05) is 10.6 Å². The number of carbonyl (C=O) groups is 1. The highest BCUT2D eigenvalue weighted by Gasteiger charge is 2.09. The lowest BCUT2D eigenvalue weighted by Crippen LogP contribution is -2.13. The Labute approximate surface area is 149 Å². The first kappa shape index (κ1) is 16.2. The molecule has 3 aromatic rings. The van der Waals surface area contributed by atoms with Gasteiger partial charge in [-0.1, -0.05) is 40.2 Å². The Morgan fingerprint density at radius 1 is 0.958 bits per heavy atom. The van der Waals surface area contributed by atoms with Crippen LogP contribution < -0.4 is 10.6 Å². The molecule has 0 radical (unpaired) electrons. The number of amides is 1. The van der Waals surface area contributed by atoms with E-state index in [9.17, 15) is 4.79 Å². The Kier molecular flexibility index (Phi) is 4.91. The summed E-state index contributed by atoms with van der Waals surface area (Å²) < 4.78 is 0.952. The van der Waals surface area contributed by atoms with Crippen molar-refractivity contribution in [3.8, 4) is 0 Å². The summed E-state index contributed by atoms with van der Waals surface area (Å²) in [5.41, 5.74) is 3.96. The smallest absolute Gasteiger partial charge is 0.274 e. The van der Waals surface area contributed by atoms with Crippen LogP contribution in [0.25, 0.3) is 0 Å². The average molecular weight is 382 g/mol. The van der Waals surface area contributed by atoms with Gasteiger partial charge in [-0.15, -0.1) is 0 Å². The second-order valence-electron chi connectivity index (χ2n) is 5.34. The van der Waals surface area contributed by atoms with Gasteiger partial charge in [-0.05, 0) is 48.9 Å². The molecule has 0 unspecified atom stereocenters. The van der Waals surface area contributed by atoms with E-state index in [1.807, 2.05) is 61.5 Å². The maximum Gasteiger partial charge on any atom is 0.274 e. The van der Waals surface area contributed by atoms with Crippen LogP contribution >= 0.6 is 15.9 Å². The number of aryl methyl sites for hydroxylation is 1. The van der Waals surface area contributed by atoms with Crippen molar-refractivity contribution in [1.82, 2.24) is 4.98 Å². The molecule has 0 bridgehead atoms. The van der Waals surface area contributed by atoms with E-state index in [-0.39, 0.29) is 5.91 Å². The molecule has 0 aliphatic rings. The summed E-state index contributed by atoms with van der Waals surface area (Å²) in [5.74, 6) is -0.248. The number of benzene rings is 2. The number of nitrogens with zero attached hydrogens (tertiary/aromatic N) is 1. The number of halogens is 1. The van der Waals surface area contributed by atoms with Crippen LogP contribution in [-0.4, -0.2) is 10.9 Å². The normalized spacial score (nSPS) is 10.2. The van der Waals surface area contributed by atoms with E-state index >= 15 is 0 Å². The van der Waals surface area contributed by atoms with Crippen LogP contribution in [0.4, 0.5) is 17.1 Å². The molecule has 1 aromatic heterocycles. The van der Waals surface area contributed by atoms with Crippen LogP contribution in [0.2, 0.25) is 0 Å². The topological polar surface area (TPSA) is 54.0 Å². The second kappa shape index (κ2) is 7.27. The fraction of sp³-hybridized carbons (Fsp3) is 0.0526. The van der Waals surface area contributed by atoms with Gasteiger partial charge >= 0.3 is 0 Å². The first-order chi connectivity index (χ1) is 11.6. The molecule has 3 rings (SSSR count). The summed E-state index contributed by atoms with van der Waals surface area (Å²) in [7, 11) is 0. The van der Waals surface area contributed by atoms with E-state index in [2.05, 4.69) is 31.5 Å². The minimum Gasteiger partial charge on any atom is -0.355 e. The van der Waals surface area contributed by atoms with Crippen LogP contribution in [0.1, 0.15) is 16.1 Å². The van der Waals surface area contributed by atoms with E-state index in [4.69, 9.17) is 0 Å². The van der Waals surface area contributed by atoms with Crippen molar-refractivity contribution in [2.45, 2.75) is 6.92 Å². The number of anilines is 3. The Morgan fingerprint density at radius 2 is 1.75 bits per heavy atom. The van der Waals surface area contributed by atoms with Gasteiger partial charge in [-0.3, -0.25) is 9.78 Å². The fourth-order valence-corrected chi connectivity index (χ4v) is 2.57. The molecule has 1 amide bonds. The lowest BCUT2D eigenvalue weighted by Gasteiger charge is -2.09. The van der Waals surface area contributed by atoms with Crippen LogP contribution in [0.3, 0.4) is 0 Å². The van der Waals surface area contributed by atoms with Crippen LogP contribution in [0.15, 0.2) is 71.3 Å². The Morgan fingerprint density at radius 3 is 2.50 bits per heavy atom. The third-order valence-electron chi connectivity index (χ3n) is 3.48. The van der Waals surface area contributed by atoms with Gasteiger partial charge in [-0.2, -0.15) is 0 Å². The SMILES string of the molecule is Cc1ccc(NC(=O)c2cc(Nc3ccccc3)ccn2)cc1Br. The van der Waals surface area contributed by atoms with Gasteiger partial charge in [0.05, 0.1) is 0 Å². The molecule has 5 heteroatoms. The number of nitrogens with one attached hydrogen (secondary N) is 2. The van der Waals surface area contributed by atoms with Gasteiger partial charge in [-0.25, -0.2) is 0 Å². The number of hydrogen-bond acceptors (Lipinski definition) is 3. The zero-order valence-corrected chi connectivity index (χ0v) is 14.7. The molecule has 0 aliphatic heterocycles. The summed E-state index contributed by atoms with van der Waals surface area (Å²) in [6.45, 7) is 2.00. The lowest BCUT2D eigenvalue weighted by molar-refractivity contribution is 0.102. The van der Waals surface area contributed by atoms with E-state index < -0.39 is 0 Å². The van der Waals surface area contributed by atoms with Gasteiger partial charge in [0, 0.05) is 27.7 Å². The van der Waals surface area contributed by atoms with Crippen molar-refractivity contribution >= 4 is 38.9 Å². The zero-order valence-electron chi connectivity index (χ0n) is 13.1. The second-order valence-corrected chi connectivity index (χ2v) is 6.19. The van der Waals surface area contributed by atoms with E-state index in [1.165, 1.54) is 0 Å². The summed E-state index contributed by atoms with van der Waals surface area (Å²) >= 11 is 3.46. The van der Waals surface area contributed by atoms with Crippen molar-refractivity contribution in [3.05, 3.63) is 82.6 Å². The van der Waals surface area contributed by atoms with Gasteiger partial charge < -0.3 is 10.6 Å². The molecule has 0 aliphatic carbocycles. The van der Waals surface area contributed by atoms with Gasteiger partial charge in [0.2, 0.25) is 0 Å². The van der Waals surface area contributed by atoms with Gasteiger partial charge in [0.15, 0.2) is 0 Å². The number of rotatable bonds is 4. The lowest BCUT2D eigenvalue weighted by atomic mass is 10.2. The zero-order chi connectivity index (χ0) is 16.9. The molecule has 0 fully saturated rings. The molecular formula is C19H16BrN3O. The number of pyridine rings is 1. The highest BCUT2D eigenvalue weighted by Crippen LogP contribution is 2.21. The van der Waals surface area contributed by atoms with Crippen molar-refractivity contribution in [2.24, 2.45) is 0 Å². The molecule has 1 heterocycles. The maximum absolute atomic E-state index is 12.4. The van der Waals surface area contributed by atoms with E-state index in [0.717, 1.165) is 27.1 Å². The van der Waals surface area contributed by atoms with Crippen molar-refractivity contribution in [3.63, 3.8) is 0 Å². The Bertz CT molecular complexity index is 865. The molecule has 0 spiro atoms. The molecular weight excluding hydrogens is 366 g/mol. The van der Waals surface area contributed by atoms with Crippen molar-refractivity contribution < 1.29 is 4.79 Å². The number of aromatic nitrogens is 1. The molecule has 120 valence electrons. The Hall–Kier alpha value is -2.66. The number of carbonyl (C=O) groups excluding carboxylic acids is 1. The standard InChI is InChI=1S/C19H16BrN3O/c1-13-7-8-15(11-17(13)20)23-19(24)18-12-16(9-10-21-18)22-14-5-3-2-4-6-14/h2-12H,1H3,(H,21,22)(H,23,24). The molecule has 0 atom stereocenters. The molecule has 2 N–H and O–H groups in total. The summed E-state index contributed by atoms with van der Waals surface area (Å²) in [5, 5.41) is 6.11. The molecule has 2 aromatic carbocycles. The summed E-state index contributed by atoms with van der Waals surface area (Å²) in [4.78, 5) is 16.6. The minimum atomic E-state index is -0.248. The molecule has 4 nitrogen and oxygen atoms in total. The third kappa shape index (κ3) is 4.00. The quantitative estimate of drug-likeness (QED) is 0.656. The fourth-order valence-electron chi connectivity index (χ4n) is 2.19. The first-order valence-corrected chi connectivity index (χ1v) is 8.27. The first-order valence-electron chi connectivity index (χ1n) is 7.47. The van der Waals surface area contributed by atoms with Crippen LogP contribution in [-0.2, 0) is 0 Å². The number of para-hydroxylation sites is 1. The predicted octanol–water partition coefficient (Wildman–Crippen LogP) is 5.15. The Balaban J connectivity index is 1.75. The van der Waals surface area contributed by atoms with Crippen LogP contribution in [0, 0.1) is 6.92 Å². The monoisotopic (exact) mass is 381 g/mol. The minimum absolute atomic E-state index is 0.248. The summed E-state index contributed by atoms with van der Waals surface area (Å²) in [6, 6.07) is 19.0. The predicted molar refractivity (Wildman–Crippen MR) is 101 cm³/mol. The highest BCUT2D eigenvalue weighted by molar-refractivity contribution is 9.10. The molecule has 24 heavy (non-hydrogen) atoms. The molecule has 0 saturated carbocycles. The third-order valence-corrected chi connectivity index (χ3v) is 4.34. The van der Waals surface area contributed by atoms with Crippen LogP contribution in [0.5, 0.6) is 0 Å². The van der Waals surface area contributed by atoms with Crippen molar-refractivity contribution in [1.29, 1.82) is 0 Å². The summed E-state index contributed by atoms with van der Waals surface area (Å²) in [6.07, 6.45) is 1.62. The average Bonchev–Trinajstić information content (AvgIpc) is 2.59. The number of hydrogen-bond donors (Lipinski definition) is 2.